The summed E-state index contributed by atoms with van der Waals surface area (Å²) in [5.41, 5.74) is 0.134. The predicted octanol–water partition coefficient (Wildman–Crippen LogP) is 0.810. The van der Waals surface area contributed by atoms with Crippen LogP contribution in [-0.2, 0) is 6.54 Å². The summed E-state index contributed by atoms with van der Waals surface area (Å²) in [7, 11) is 0. The van der Waals surface area contributed by atoms with E-state index in [1.54, 1.807) is 16.8 Å². The molecule has 0 atom stereocenters. The normalized spacial score (nSPS) is 11.9. The van der Waals surface area contributed by atoms with Gasteiger partial charge in [-0.3, -0.25) is 9.36 Å². The third kappa shape index (κ3) is 2.34. The number of aliphatic hydroxyl groups is 1. The molecule has 0 saturated heterocycles. The van der Waals surface area contributed by atoms with Crippen molar-refractivity contribution < 1.29 is 5.11 Å². The Morgan fingerprint density at radius 1 is 1.41 bits per heavy atom. The first-order valence-corrected chi connectivity index (χ1v) is 5.44. The fourth-order valence-corrected chi connectivity index (χ4v) is 1.66. The fraction of sp³-hybridized carbons (Fsp3) is 0.417. The summed E-state index contributed by atoms with van der Waals surface area (Å²) >= 11 is 0. The molecule has 0 aliphatic carbocycles. The molecule has 5 heteroatoms. The lowest BCUT2D eigenvalue weighted by molar-refractivity contribution is 0.141. The van der Waals surface area contributed by atoms with Gasteiger partial charge in [0.15, 0.2) is 0 Å². The van der Waals surface area contributed by atoms with Crippen LogP contribution in [0.5, 0.6) is 0 Å². The topological polar surface area (TPSA) is 68.0 Å². The summed E-state index contributed by atoms with van der Waals surface area (Å²) in [4.78, 5) is 19.9. The van der Waals surface area contributed by atoms with Crippen molar-refractivity contribution in [1.29, 1.82) is 0 Å². The van der Waals surface area contributed by atoms with E-state index >= 15 is 0 Å². The van der Waals surface area contributed by atoms with Crippen LogP contribution in [0, 0.1) is 5.41 Å². The molecule has 0 amide bonds. The van der Waals surface area contributed by atoms with E-state index in [4.69, 9.17) is 0 Å². The molecule has 2 rings (SSSR count). The van der Waals surface area contributed by atoms with E-state index in [0.29, 0.717) is 12.2 Å². The number of hydrogen-bond donors (Lipinski definition) is 1. The van der Waals surface area contributed by atoms with Gasteiger partial charge in [0.25, 0.3) is 5.56 Å². The Kier molecular flexibility index (Phi) is 2.93. The highest BCUT2D eigenvalue weighted by atomic mass is 16.3. The molecule has 0 aromatic carbocycles. The molecular weight excluding hydrogens is 218 g/mol. The van der Waals surface area contributed by atoms with E-state index in [-0.39, 0.29) is 17.6 Å². The Labute approximate surface area is 98.8 Å². The van der Waals surface area contributed by atoms with Gasteiger partial charge in [-0.25, -0.2) is 9.97 Å². The monoisotopic (exact) mass is 233 g/mol. The maximum atomic E-state index is 11.8. The summed E-state index contributed by atoms with van der Waals surface area (Å²) in [5.74, 6) is 0. The van der Waals surface area contributed by atoms with Gasteiger partial charge in [-0.15, -0.1) is 0 Å². The minimum atomic E-state index is -0.358. The van der Waals surface area contributed by atoms with Crippen LogP contribution in [0.25, 0.3) is 11.0 Å². The highest BCUT2D eigenvalue weighted by molar-refractivity contribution is 5.73. The van der Waals surface area contributed by atoms with Crippen molar-refractivity contribution in [2.24, 2.45) is 5.41 Å². The second-order valence-corrected chi connectivity index (χ2v) is 4.88. The number of rotatable bonds is 3. The van der Waals surface area contributed by atoms with Crippen molar-refractivity contribution in [3.05, 3.63) is 35.0 Å². The molecule has 0 aliphatic heterocycles. The number of aliphatic hydroxyl groups excluding tert-OH is 1. The van der Waals surface area contributed by atoms with Crippen LogP contribution >= 0.6 is 0 Å². The standard InChI is InChI=1S/C12H15N3O2/c1-12(2,7-16)6-15-10(17)4-3-9-5-13-8-14-11(9)15/h3-5,8,16H,6-7H2,1-2H3. The predicted molar refractivity (Wildman–Crippen MR) is 64.7 cm³/mol. The van der Waals surface area contributed by atoms with Crippen LogP contribution in [0.15, 0.2) is 29.5 Å². The molecule has 17 heavy (non-hydrogen) atoms. The van der Waals surface area contributed by atoms with Gasteiger partial charge in [-0.05, 0) is 6.07 Å². The number of pyridine rings is 1. The molecular formula is C12H15N3O2. The molecule has 0 radical (unpaired) electrons. The quantitative estimate of drug-likeness (QED) is 0.851. The zero-order valence-electron chi connectivity index (χ0n) is 9.92. The minimum absolute atomic E-state index is 0.0148. The van der Waals surface area contributed by atoms with E-state index < -0.39 is 0 Å². The molecule has 0 bridgehead atoms. The van der Waals surface area contributed by atoms with Gasteiger partial charge in [0.05, 0.1) is 0 Å². The zero-order valence-corrected chi connectivity index (χ0v) is 9.92. The van der Waals surface area contributed by atoms with E-state index in [9.17, 15) is 9.90 Å². The van der Waals surface area contributed by atoms with Crippen molar-refractivity contribution in [1.82, 2.24) is 14.5 Å². The maximum Gasteiger partial charge on any atom is 0.252 e. The summed E-state index contributed by atoms with van der Waals surface area (Å²) in [5, 5.41) is 10.1. The number of fused-ring (bicyclic) bond motifs is 1. The Hall–Kier alpha value is -1.75. The first-order valence-electron chi connectivity index (χ1n) is 5.44. The third-order valence-electron chi connectivity index (χ3n) is 2.66. The Bertz CT molecular complexity index is 590. The molecule has 0 saturated carbocycles. The van der Waals surface area contributed by atoms with Gasteiger partial charge in [0.1, 0.15) is 12.0 Å². The third-order valence-corrected chi connectivity index (χ3v) is 2.66. The molecule has 0 unspecified atom stereocenters. The molecule has 2 aromatic rings. The number of nitrogens with zero attached hydrogens (tertiary/aromatic N) is 3. The van der Waals surface area contributed by atoms with Crippen LogP contribution in [0.2, 0.25) is 0 Å². The summed E-state index contributed by atoms with van der Waals surface area (Å²) in [6.45, 7) is 4.25. The lowest BCUT2D eigenvalue weighted by Crippen LogP contribution is -2.31. The van der Waals surface area contributed by atoms with E-state index in [2.05, 4.69) is 9.97 Å². The van der Waals surface area contributed by atoms with Gasteiger partial charge in [-0.2, -0.15) is 0 Å². The second-order valence-electron chi connectivity index (χ2n) is 4.88. The maximum absolute atomic E-state index is 11.8. The number of aromatic nitrogens is 3. The van der Waals surface area contributed by atoms with Crippen LogP contribution in [0.1, 0.15) is 13.8 Å². The van der Waals surface area contributed by atoms with Crippen LogP contribution in [0.3, 0.4) is 0 Å². The molecule has 90 valence electrons. The summed E-state index contributed by atoms with van der Waals surface area (Å²) in [6, 6.07) is 3.21. The van der Waals surface area contributed by atoms with Gasteiger partial charge >= 0.3 is 0 Å². The Balaban J connectivity index is 2.59. The second kappa shape index (κ2) is 4.25. The highest BCUT2D eigenvalue weighted by Crippen LogP contribution is 2.18. The lowest BCUT2D eigenvalue weighted by Gasteiger charge is -2.23. The average Bonchev–Trinajstić information content (AvgIpc) is 2.33. The fourth-order valence-electron chi connectivity index (χ4n) is 1.66. The van der Waals surface area contributed by atoms with Crippen molar-refractivity contribution in [2.45, 2.75) is 20.4 Å². The van der Waals surface area contributed by atoms with Crippen molar-refractivity contribution in [3.63, 3.8) is 0 Å². The lowest BCUT2D eigenvalue weighted by atomic mass is 9.95. The SMILES string of the molecule is CC(C)(CO)Cn1c(=O)ccc2cncnc21. The smallest absolute Gasteiger partial charge is 0.252 e. The van der Waals surface area contributed by atoms with Gasteiger partial charge < -0.3 is 5.11 Å². The minimum Gasteiger partial charge on any atom is -0.396 e. The first-order chi connectivity index (χ1) is 8.03. The average molecular weight is 233 g/mol. The molecule has 2 aromatic heterocycles. The molecule has 1 N–H and O–H groups in total. The van der Waals surface area contributed by atoms with Crippen LogP contribution in [-0.4, -0.2) is 26.2 Å². The van der Waals surface area contributed by atoms with Crippen LogP contribution < -0.4 is 5.56 Å². The van der Waals surface area contributed by atoms with Crippen LogP contribution in [0.4, 0.5) is 0 Å². The van der Waals surface area contributed by atoms with E-state index in [1.165, 1.54) is 12.4 Å². The first kappa shape index (κ1) is 11.7. The van der Waals surface area contributed by atoms with Gasteiger partial charge in [-0.1, -0.05) is 13.8 Å². The molecule has 0 spiro atoms. The Morgan fingerprint density at radius 3 is 2.88 bits per heavy atom. The Morgan fingerprint density at radius 2 is 2.18 bits per heavy atom. The van der Waals surface area contributed by atoms with Crippen molar-refractivity contribution >= 4 is 11.0 Å². The van der Waals surface area contributed by atoms with Crippen molar-refractivity contribution in [3.8, 4) is 0 Å². The molecule has 0 aliphatic rings. The van der Waals surface area contributed by atoms with Crippen molar-refractivity contribution in [2.75, 3.05) is 6.61 Å². The van der Waals surface area contributed by atoms with E-state index in [1.807, 2.05) is 13.8 Å². The summed E-state index contributed by atoms with van der Waals surface area (Å²) < 4.78 is 1.58. The van der Waals surface area contributed by atoms with Gasteiger partial charge in [0, 0.05) is 36.2 Å². The van der Waals surface area contributed by atoms with Gasteiger partial charge in [0.2, 0.25) is 0 Å². The largest absolute Gasteiger partial charge is 0.396 e. The highest BCUT2D eigenvalue weighted by Gasteiger charge is 2.19. The molecule has 0 fully saturated rings. The van der Waals surface area contributed by atoms with E-state index in [0.717, 1.165) is 5.39 Å². The molecule has 5 nitrogen and oxygen atoms in total. The zero-order chi connectivity index (χ0) is 12.5. The number of hydrogen-bond acceptors (Lipinski definition) is 4. The molecule has 2 heterocycles. The summed E-state index contributed by atoms with van der Waals surface area (Å²) in [6.07, 6.45) is 3.09.